The van der Waals surface area contributed by atoms with Crippen LogP contribution in [0.15, 0.2) is 77.6 Å². The molecule has 0 aliphatic rings. The minimum Gasteiger partial charge on any atom is -0.491 e. The van der Waals surface area contributed by atoms with E-state index in [1.807, 2.05) is 48.5 Å². The van der Waals surface area contributed by atoms with Gasteiger partial charge in [0.15, 0.2) is 5.75 Å². The topological polar surface area (TPSA) is 31.2 Å². The molecule has 1 heterocycles. The highest BCUT2D eigenvalue weighted by Gasteiger charge is 2.19. The van der Waals surface area contributed by atoms with Gasteiger partial charge in [0.05, 0.1) is 19.2 Å². The van der Waals surface area contributed by atoms with Gasteiger partial charge >= 0.3 is 0 Å². The summed E-state index contributed by atoms with van der Waals surface area (Å²) in [5.74, 6) is -0.0599. The van der Waals surface area contributed by atoms with Gasteiger partial charge in [0, 0.05) is 14.5 Å². The Morgan fingerprint density at radius 3 is 2.36 bits per heavy atom. The van der Waals surface area contributed by atoms with E-state index in [9.17, 15) is 9.18 Å². The van der Waals surface area contributed by atoms with Crippen molar-refractivity contribution in [3.63, 3.8) is 0 Å². The number of hydrogen-bond donors (Lipinski definition) is 0. The number of aromatic nitrogens is 1. The molecule has 0 atom stereocenters. The zero-order chi connectivity index (χ0) is 19.7. The van der Waals surface area contributed by atoms with Crippen molar-refractivity contribution in [1.29, 1.82) is 0 Å². The molecular weight excluding hydrogens is 468 g/mol. The number of fused-ring (bicyclic) bond motifs is 1. The molecule has 5 heteroatoms. The second-order valence-corrected chi connectivity index (χ2v) is 7.58. The van der Waals surface area contributed by atoms with E-state index in [1.54, 1.807) is 16.7 Å². The van der Waals surface area contributed by atoms with E-state index in [0.717, 1.165) is 25.6 Å². The quantitative estimate of drug-likeness (QED) is 0.359. The standard InChI is InChI=1S/C23H17FINO2/c1-28-22-21(15-10-12-17(24)13-11-15)18-7-3-5-9-20(18)26(23(22)27)14-16-6-2-4-8-19(16)25/h2-13H,14H2,1H3. The van der Waals surface area contributed by atoms with Crippen LogP contribution < -0.4 is 10.3 Å². The highest BCUT2D eigenvalue weighted by molar-refractivity contribution is 14.1. The molecule has 1 aromatic heterocycles. The van der Waals surface area contributed by atoms with Gasteiger partial charge in [-0.05, 0) is 58.0 Å². The van der Waals surface area contributed by atoms with Gasteiger partial charge in [-0.3, -0.25) is 4.79 Å². The summed E-state index contributed by atoms with van der Waals surface area (Å²) in [5, 5.41) is 0.886. The lowest BCUT2D eigenvalue weighted by Crippen LogP contribution is -2.23. The second-order valence-electron chi connectivity index (χ2n) is 6.41. The minimum atomic E-state index is -0.320. The molecule has 0 saturated heterocycles. The SMILES string of the molecule is COc1c(-c2ccc(F)cc2)c2ccccc2n(Cc2ccccc2I)c1=O. The van der Waals surface area contributed by atoms with Crippen molar-refractivity contribution in [2.75, 3.05) is 7.11 Å². The van der Waals surface area contributed by atoms with Gasteiger partial charge < -0.3 is 9.30 Å². The summed E-state index contributed by atoms with van der Waals surface area (Å²) >= 11 is 2.28. The van der Waals surface area contributed by atoms with E-state index < -0.39 is 0 Å². The maximum absolute atomic E-state index is 13.4. The zero-order valence-electron chi connectivity index (χ0n) is 15.2. The van der Waals surface area contributed by atoms with Crippen LogP contribution in [0.4, 0.5) is 4.39 Å². The molecule has 28 heavy (non-hydrogen) atoms. The first-order chi connectivity index (χ1) is 13.6. The number of ether oxygens (including phenoxy) is 1. The van der Waals surface area contributed by atoms with Crippen LogP contribution in [0.2, 0.25) is 0 Å². The lowest BCUT2D eigenvalue weighted by atomic mass is 9.99. The van der Waals surface area contributed by atoms with Crippen LogP contribution in [0.25, 0.3) is 22.0 Å². The van der Waals surface area contributed by atoms with Gasteiger partial charge in [0.25, 0.3) is 5.56 Å². The number of nitrogens with zero attached hydrogens (tertiary/aromatic N) is 1. The highest BCUT2D eigenvalue weighted by Crippen LogP contribution is 2.35. The van der Waals surface area contributed by atoms with Crippen LogP contribution in [0.3, 0.4) is 0 Å². The first-order valence-electron chi connectivity index (χ1n) is 8.79. The average Bonchev–Trinajstić information content (AvgIpc) is 2.72. The largest absolute Gasteiger partial charge is 0.491 e. The lowest BCUT2D eigenvalue weighted by Gasteiger charge is -2.18. The number of hydrogen-bond acceptors (Lipinski definition) is 2. The fourth-order valence-electron chi connectivity index (χ4n) is 3.43. The minimum absolute atomic E-state index is 0.208. The molecule has 0 unspecified atom stereocenters. The maximum atomic E-state index is 13.4. The predicted molar refractivity (Wildman–Crippen MR) is 118 cm³/mol. The number of benzene rings is 3. The molecule has 0 spiro atoms. The molecular formula is C23H17FINO2. The van der Waals surface area contributed by atoms with Crippen molar-refractivity contribution in [1.82, 2.24) is 4.57 Å². The molecule has 4 aromatic rings. The van der Waals surface area contributed by atoms with Crippen LogP contribution in [0.1, 0.15) is 5.56 Å². The van der Waals surface area contributed by atoms with E-state index >= 15 is 0 Å². The fraction of sp³-hybridized carbons (Fsp3) is 0.0870. The number of rotatable bonds is 4. The molecule has 4 rings (SSSR count). The van der Waals surface area contributed by atoms with Crippen LogP contribution in [0, 0.1) is 9.39 Å². The van der Waals surface area contributed by atoms with Crippen LogP contribution in [0.5, 0.6) is 5.75 Å². The van der Waals surface area contributed by atoms with Crippen molar-refractivity contribution in [3.8, 4) is 16.9 Å². The third-order valence-electron chi connectivity index (χ3n) is 4.75. The molecule has 0 bridgehead atoms. The Balaban J connectivity index is 2.02. The van der Waals surface area contributed by atoms with E-state index in [0.29, 0.717) is 12.1 Å². The van der Waals surface area contributed by atoms with Crippen LogP contribution in [-0.2, 0) is 6.54 Å². The molecule has 140 valence electrons. The van der Waals surface area contributed by atoms with E-state index in [-0.39, 0.29) is 17.1 Å². The molecule has 0 aliphatic heterocycles. The highest BCUT2D eigenvalue weighted by atomic mass is 127. The van der Waals surface area contributed by atoms with Crippen molar-refractivity contribution >= 4 is 33.5 Å². The van der Waals surface area contributed by atoms with Crippen LogP contribution >= 0.6 is 22.6 Å². The Kier molecular flexibility index (Phi) is 5.17. The third kappa shape index (κ3) is 3.30. The Morgan fingerprint density at radius 2 is 1.64 bits per heavy atom. The van der Waals surface area contributed by atoms with Gasteiger partial charge in [0.1, 0.15) is 5.82 Å². The normalized spacial score (nSPS) is 11.0. The van der Waals surface area contributed by atoms with Gasteiger partial charge in [-0.2, -0.15) is 0 Å². The zero-order valence-corrected chi connectivity index (χ0v) is 17.3. The van der Waals surface area contributed by atoms with Crippen molar-refractivity contribution in [2.45, 2.75) is 6.54 Å². The monoisotopic (exact) mass is 485 g/mol. The molecule has 0 aliphatic carbocycles. The molecule has 3 aromatic carbocycles. The van der Waals surface area contributed by atoms with Gasteiger partial charge in [-0.1, -0.05) is 48.5 Å². The summed E-state index contributed by atoms with van der Waals surface area (Å²) in [4.78, 5) is 13.4. The first-order valence-corrected chi connectivity index (χ1v) is 9.87. The third-order valence-corrected chi connectivity index (χ3v) is 5.81. The summed E-state index contributed by atoms with van der Waals surface area (Å²) < 4.78 is 21.8. The van der Waals surface area contributed by atoms with E-state index in [2.05, 4.69) is 22.6 Å². The number of para-hydroxylation sites is 1. The van der Waals surface area contributed by atoms with Gasteiger partial charge in [0.2, 0.25) is 0 Å². The summed E-state index contributed by atoms with van der Waals surface area (Å²) in [6, 6.07) is 21.8. The molecule has 0 N–H and O–H groups in total. The summed E-state index contributed by atoms with van der Waals surface area (Å²) in [7, 11) is 1.50. The summed E-state index contributed by atoms with van der Waals surface area (Å²) in [5.41, 5.74) is 3.09. The van der Waals surface area contributed by atoms with Gasteiger partial charge in [-0.15, -0.1) is 0 Å². The number of methoxy groups -OCH3 is 1. The molecule has 3 nitrogen and oxygen atoms in total. The summed E-state index contributed by atoms with van der Waals surface area (Å²) in [6.45, 7) is 0.443. The Hall–Kier alpha value is -2.67. The van der Waals surface area contributed by atoms with Crippen LogP contribution in [-0.4, -0.2) is 11.7 Å². The molecule has 0 saturated carbocycles. The second kappa shape index (κ2) is 7.75. The maximum Gasteiger partial charge on any atom is 0.294 e. The van der Waals surface area contributed by atoms with Gasteiger partial charge in [-0.25, -0.2) is 4.39 Å². The van der Waals surface area contributed by atoms with Crippen molar-refractivity contribution in [2.24, 2.45) is 0 Å². The smallest absolute Gasteiger partial charge is 0.294 e. The number of pyridine rings is 1. The Labute approximate surface area is 175 Å². The van der Waals surface area contributed by atoms with Crippen molar-refractivity contribution < 1.29 is 9.13 Å². The fourth-order valence-corrected chi connectivity index (χ4v) is 3.99. The van der Waals surface area contributed by atoms with E-state index in [1.165, 1.54) is 19.2 Å². The first kappa shape index (κ1) is 18.7. The Bertz CT molecular complexity index is 1220. The molecule has 0 fully saturated rings. The molecule has 0 amide bonds. The van der Waals surface area contributed by atoms with E-state index in [4.69, 9.17) is 4.74 Å². The van der Waals surface area contributed by atoms with Crippen molar-refractivity contribution in [3.05, 3.63) is 98.1 Å². The lowest BCUT2D eigenvalue weighted by molar-refractivity contribution is 0.407. The summed E-state index contributed by atoms with van der Waals surface area (Å²) in [6.07, 6.45) is 0. The Morgan fingerprint density at radius 1 is 0.964 bits per heavy atom. The average molecular weight is 485 g/mol. The number of halogens is 2. The molecule has 0 radical (unpaired) electrons. The predicted octanol–water partition coefficient (Wildman–Crippen LogP) is 5.47.